The average molecular weight is 396 g/mol. The summed E-state index contributed by atoms with van der Waals surface area (Å²) in [6, 6.07) is 10.3. The minimum absolute atomic E-state index is 0.245. The number of hydrogen-bond donors (Lipinski definition) is 0. The summed E-state index contributed by atoms with van der Waals surface area (Å²) in [6.07, 6.45) is 3.19. The fraction of sp³-hybridized carbons (Fsp3) is 0.500. The molecule has 2 aromatic rings. The molecule has 0 spiro atoms. The SMILES string of the molecule is CN(C(=O)OC(C)(C)C)C1[C@H]2CN(c3ncc(OCc4ccccc4)cn3)C[C@@H]12. The highest BCUT2D eigenvalue weighted by Gasteiger charge is 2.59. The Hall–Kier alpha value is -2.83. The molecule has 0 N–H and O–H groups in total. The molecular formula is C22H28N4O3. The Morgan fingerprint density at radius 3 is 2.34 bits per heavy atom. The molecule has 1 aromatic heterocycles. The zero-order chi connectivity index (χ0) is 20.6. The van der Waals surface area contributed by atoms with Gasteiger partial charge >= 0.3 is 6.09 Å². The molecule has 154 valence electrons. The van der Waals surface area contributed by atoms with Gasteiger partial charge < -0.3 is 19.3 Å². The Kier molecular flexibility index (Phi) is 5.06. The first-order chi connectivity index (χ1) is 13.8. The van der Waals surface area contributed by atoms with Gasteiger partial charge in [-0.1, -0.05) is 30.3 Å². The van der Waals surface area contributed by atoms with Crippen LogP contribution in [-0.4, -0.2) is 52.7 Å². The van der Waals surface area contributed by atoms with Gasteiger partial charge in [-0.25, -0.2) is 14.8 Å². The maximum absolute atomic E-state index is 12.3. The number of amides is 1. The van der Waals surface area contributed by atoms with Crippen LogP contribution in [0.2, 0.25) is 0 Å². The van der Waals surface area contributed by atoms with E-state index in [1.165, 1.54) is 0 Å². The van der Waals surface area contributed by atoms with Crippen LogP contribution in [0.25, 0.3) is 0 Å². The number of piperidine rings is 1. The number of anilines is 1. The van der Waals surface area contributed by atoms with Crippen LogP contribution >= 0.6 is 0 Å². The fourth-order valence-corrected chi connectivity index (χ4v) is 3.98. The lowest BCUT2D eigenvalue weighted by atomic mass is 10.2. The summed E-state index contributed by atoms with van der Waals surface area (Å²) in [5.41, 5.74) is 0.635. The van der Waals surface area contributed by atoms with Crippen molar-refractivity contribution in [3.8, 4) is 5.75 Å². The summed E-state index contributed by atoms with van der Waals surface area (Å²) in [6.45, 7) is 7.87. The predicted octanol–water partition coefficient (Wildman–Crippen LogP) is 3.36. The molecule has 29 heavy (non-hydrogen) atoms. The van der Waals surface area contributed by atoms with Crippen molar-refractivity contribution in [3.63, 3.8) is 0 Å². The molecule has 1 unspecified atom stereocenters. The van der Waals surface area contributed by atoms with Gasteiger partial charge in [-0.3, -0.25) is 0 Å². The van der Waals surface area contributed by atoms with E-state index >= 15 is 0 Å². The molecule has 4 rings (SSSR count). The first-order valence-corrected chi connectivity index (χ1v) is 10.0. The lowest BCUT2D eigenvalue weighted by molar-refractivity contribution is 0.0268. The highest BCUT2D eigenvalue weighted by molar-refractivity contribution is 5.69. The zero-order valence-corrected chi connectivity index (χ0v) is 17.4. The predicted molar refractivity (Wildman–Crippen MR) is 110 cm³/mol. The Bertz CT molecular complexity index is 839. The second-order valence-electron chi connectivity index (χ2n) is 8.81. The topological polar surface area (TPSA) is 67.8 Å². The Labute approximate surface area is 171 Å². The number of carbonyl (C=O) groups excluding carboxylic acids is 1. The van der Waals surface area contributed by atoms with Crippen LogP contribution in [0.15, 0.2) is 42.7 Å². The number of carbonyl (C=O) groups is 1. The molecule has 1 aromatic carbocycles. The van der Waals surface area contributed by atoms with E-state index < -0.39 is 5.60 Å². The first kappa shape index (κ1) is 19.5. The quantitative estimate of drug-likeness (QED) is 0.772. The van der Waals surface area contributed by atoms with Gasteiger partial charge in [-0.15, -0.1) is 0 Å². The lowest BCUT2D eigenvalue weighted by Crippen LogP contribution is -2.39. The number of ether oxygens (including phenoxy) is 2. The molecule has 1 aliphatic heterocycles. The van der Waals surface area contributed by atoms with Crippen LogP contribution in [0.1, 0.15) is 26.3 Å². The van der Waals surface area contributed by atoms with Gasteiger partial charge in [-0.05, 0) is 26.3 Å². The van der Waals surface area contributed by atoms with Crippen LogP contribution in [0.3, 0.4) is 0 Å². The van der Waals surface area contributed by atoms with Gasteiger partial charge in [0.05, 0.1) is 12.4 Å². The molecule has 3 atom stereocenters. The summed E-state index contributed by atoms with van der Waals surface area (Å²) in [7, 11) is 1.83. The van der Waals surface area contributed by atoms with Crippen LogP contribution in [0, 0.1) is 11.8 Å². The van der Waals surface area contributed by atoms with Gasteiger partial charge in [0.15, 0.2) is 5.75 Å². The summed E-state index contributed by atoms with van der Waals surface area (Å²) in [5, 5.41) is 0. The molecule has 2 heterocycles. The molecular weight excluding hydrogens is 368 g/mol. The summed E-state index contributed by atoms with van der Waals surface area (Å²) in [4.78, 5) is 25.1. The fourth-order valence-electron chi connectivity index (χ4n) is 3.98. The number of hydrogen-bond acceptors (Lipinski definition) is 6. The Morgan fingerprint density at radius 1 is 1.14 bits per heavy atom. The van der Waals surface area contributed by atoms with Crippen molar-refractivity contribution in [1.82, 2.24) is 14.9 Å². The number of nitrogens with zero attached hydrogens (tertiary/aromatic N) is 4. The standard InChI is InChI=1S/C22H28N4O3/c1-22(2,3)29-21(27)25(4)19-17-12-26(13-18(17)19)20-23-10-16(11-24-20)28-14-15-8-6-5-7-9-15/h5-11,17-19H,12-14H2,1-4H3/t17-,18+,19?. The third-order valence-electron chi connectivity index (χ3n) is 5.42. The minimum Gasteiger partial charge on any atom is -0.486 e. The molecule has 7 nitrogen and oxygen atoms in total. The number of fused-ring (bicyclic) bond motifs is 1. The van der Waals surface area contributed by atoms with Crippen LogP contribution in [0.4, 0.5) is 10.7 Å². The van der Waals surface area contributed by atoms with Gasteiger partial charge in [0.1, 0.15) is 12.2 Å². The molecule has 0 radical (unpaired) electrons. The van der Waals surface area contributed by atoms with Crippen LogP contribution in [-0.2, 0) is 11.3 Å². The first-order valence-electron chi connectivity index (χ1n) is 10.0. The van der Waals surface area contributed by atoms with Crippen molar-refractivity contribution in [2.24, 2.45) is 11.8 Å². The van der Waals surface area contributed by atoms with E-state index in [9.17, 15) is 4.79 Å². The van der Waals surface area contributed by atoms with E-state index in [2.05, 4.69) is 14.9 Å². The normalized spacial score (nSPS) is 22.8. The molecule has 0 bridgehead atoms. The van der Waals surface area contributed by atoms with Crippen molar-refractivity contribution in [1.29, 1.82) is 0 Å². The average Bonchev–Trinajstić information content (AvgIpc) is 3.18. The molecule has 2 aliphatic rings. The second-order valence-corrected chi connectivity index (χ2v) is 8.81. The van der Waals surface area contributed by atoms with Crippen molar-refractivity contribution in [2.75, 3.05) is 25.0 Å². The number of benzene rings is 1. The van der Waals surface area contributed by atoms with Crippen LogP contribution < -0.4 is 9.64 Å². The lowest BCUT2D eigenvalue weighted by Gasteiger charge is -2.27. The molecule has 1 aliphatic carbocycles. The van der Waals surface area contributed by atoms with E-state index in [0.717, 1.165) is 18.7 Å². The number of rotatable bonds is 5. The van der Waals surface area contributed by atoms with E-state index in [-0.39, 0.29) is 12.1 Å². The Morgan fingerprint density at radius 2 is 1.76 bits per heavy atom. The molecule has 1 amide bonds. The molecule has 7 heteroatoms. The molecule has 1 saturated carbocycles. The molecule has 1 saturated heterocycles. The Balaban J connectivity index is 1.27. The maximum Gasteiger partial charge on any atom is 0.410 e. The second kappa shape index (κ2) is 7.54. The largest absolute Gasteiger partial charge is 0.486 e. The monoisotopic (exact) mass is 396 g/mol. The summed E-state index contributed by atoms with van der Waals surface area (Å²) >= 11 is 0. The van der Waals surface area contributed by atoms with Gasteiger partial charge in [0, 0.05) is 38.0 Å². The van der Waals surface area contributed by atoms with E-state index in [4.69, 9.17) is 9.47 Å². The highest BCUT2D eigenvalue weighted by atomic mass is 16.6. The van der Waals surface area contributed by atoms with Crippen molar-refractivity contribution in [2.45, 2.75) is 39.0 Å². The highest BCUT2D eigenvalue weighted by Crippen LogP contribution is 2.49. The summed E-state index contributed by atoms with van der Waals surface area (Å²) in [5.74, 6) is 2.27. The zero-order valence-electron chi connectivity index (χ0n) is 17.4. The third-order valence-corrected chi connectivity index (χ3v) is 5.42. The van der Waals surface area contributed by atoms with E-state index in [1.54, 1.807) is 17.3 Å². The van der Waals surface area contributed by atoms with Gasteiger partial charge in [-0.2, -0.15) is 0 Å². The third kappa shape index (κ3) is 4.44. The van der Waals surface area contributed by atoms with Crippen LogP contribution in [0.5, 0.6) is 5.75 Å². The maximum atomic E-state index is 12.3. The molecule has 2 fully saturated rings. The smallest absolute Gasteiger partial charge is 0.410 e. The van der Waals surface area contributed by atoms with Gasteiger partial charge in [0.25, 0.3) is 0 Å². The van der Waals surface area contributed by atoms with Crippen molar-refractivity contribution < 1.29 is 14.3 Å². The van der Waals surface area contributed by atoms with Crippen molar-refractivity contribution in [3.05, 3.63) is 48.3 Å². The van der Waals surface area contributed by atoms with Gasteiger partial charge in [0.2, 0.25) is 5.95 Å². The van der Waals surface area contributed by atoms with Crippen molar-refractivity contribution >= 4 is 12.0 Å². The van der Waals surface area contributed by atoms with E-state index in [1.807, 2.05) is 58.2 Å². The minimum atomic E-state index is -0.473. The van der Waals surface area contributed by atoms with E-state index in [0.29, 0.717) is 30.1 Å². The summed E-state index contributed by atoms with van der Waals surface area (Å²) < 4.78 is 11.2. The number of aromatic nitrogens is 2.